The van der Waals surface area contributed by atoms with Gasteiger partial charge in [0.05, 0.1) is 84.1 Å². The number of hydrogen-bond donors (Lipinski definition) is 7. The first-order chi connectivity index (χ1) is 36.8. The second-order valence-corrected chi connectivity index (χ2v) is 16.5. The zero-order chi connectivity index (χ0) is 56.2. The average molecular weight is 1080 g/mol. The van der Waals surface area contributed by atoms with E-state index in [0.717, 1.165) is 61.5 Å². The monoisotopic (exact) mass is 1080 g/mol. The highest BCUT2D eigenvalue weighted by atomic mass is 16.7. The van der Waals surface area contributed by atoms with Gasteiger partial charge in [-0.3, -0.25) is 52.9 Å². The minimum Gasteiger partial charge on any atom is -0.378 e. The summed E-state index contributed by atoms with van der Waals surface area (Å²) >= 11 is 0. The number of imide groups is 2. The largest absolute Gasteiger partial charge is 0.378 e. The number of hydroxylamine groups is 6. The van der Waals surface area contributed by atoms with E-state index in [1.807, 2.05) is 27.7 Å². The minimum absolute atomic E-state index is 0.00343. The summed E-state index contributed by atoms with van der Waals surface area (Å²) in [5.41, 5.74) is 14.6. The van der Waals surface area contributed by atoms with Gasteiger partial charge in [-0.05, 0) is 66.0 Å². The summed E-state index contributed by atoms with van der Waals surface area (Å²) in [5.74, 6) is -1.34. The Kier molecular flexibility index (Phi) is 40.2. The third-order valence-electron chi connectivity index (χ3n) is 10.5. The Morgan fingerprint density at radius 2 is 1.16 bits per heavy atom. The Balaban J connectivity index is 0.000000765. The highest BCUT2D eigenvalue weighted by Gasteiger charge is 2.31. The molecule has 76 heavy (non-hydrogen) atoms. The molecule has 3 unspecified atom stereocenters. The van der Waals surface area contributed by atoms with Crippen LogP contribution in [0.15, 0.2) is 43.0 Å². The smallest absolute Gasteiger partial charge is 0.270 e. The van der Waals surface area contributed by atoms with Gasteiger partial charge in [0, 0.05) is 88.9 Å². The van der Waals surface area contributed by atoms with Crippen LogP contribution in [0.2, 0.25) is 0 Å². The van der Waals surface area contributed by atoms with Gasteiger partial charge in [-0.2, -0.15) is 21.4 Å². The average Bonchev–Trinajstić information content (AvgIpc) is 3.86. The second-order valence-electron chi connectivity index (χ2n) is 16.5. The van der Waals surface area contributed by atoms with Crippen LogP contribution in [0.4, 0.5) is 0 Å². The van der Waals surface area contributed by atoms with Crippen LogP contribution in [0.5, 0.6) is 0 Å². The molecule has 0 saturated carbocycles. The van der Waals surface area contributed by atoms with E-state index in [2.05, 4.69) is 44.6 Å². The number of nitrogens with one attached hydrogen (secondary N) is 7. The van der Waals surface area contributed by atoms with Crippen molar-refractivity contribution in [3.8, 4) is 0 Å². The van der Waals surface area contributed by atoms with Crippen LogP contribution in [0.1, 0.15) is 92.4 Å². The molecule has 0 radical (unpaired) electrons. The molecule has 27 heteroatoms. The number of rotatable bonds is 42. The van der Waals surface area contributed by atoms with Crippen LogP contribution in [0.25, 0.3) is 0 Å². The van der Waals surface area contributed by atoms with Gasteiger partial charge in [-0.25, -0.2) is 15.8 Å². The molecule has 7 amide bonds. The summed E-state index contributed by atoms with van der Waals surface area (Å²) in [7, 11) is 0. The maximum atomic E-state index is 12.7. The number of carbonyl (C=O) groups excluding carboxylic acids is 9. The minimum atomic E-state index is -0.561. The molecule has 0 aromatic rings. The molecule has 27 nitrogen and oxygen atoms in total. The maximum absolute atomic E-state index is 12.7. The number of hydrazine groups is 1. The van der Waals surface area contributed by atoms with Crippen molar-refractivity contribution < 1.29 is 76.9 Å². The summed E-state index contributed by atoms with van der Waals surface area (Å²) in [6, 6.07) is -0.826. The van der Waals surface area contributed by atoms with Crippen LogP contribution in [-0.2, 0) is 76.9 Å². The molecule has 7 N–H and O–H groups in total. The van der Waals surface area contributed by atoms with E-state index >= 15 is 0 Å². The zero-order valence-electron chi connectivity index (χ0n) is 44.9. The quantitative estimate of drug-likeness (QED) is 0.0176. The normalized spacial score (nSPS) is 15.4. The fraction of sp³-hybridized carbons (Fsp3) is 0.673. The topological polar surface area (TPSA) is 315 Å². The molecule has 3 rings (SSSR count). The number of unbranched alkanes of at least 4 members (excludes halogenated alkanes) is 2. The van der Waals surface area contributed by atoms with Crippen LogP contribution in [0, 0.1) is 0 Å². The van der Waals surface area contributed by atoms with Crippen molar-refractivity contribution in [2.75, 3.05) is 105 Å². The standard InChI is InChI=1S/C28H46N6O9.C19H35N5O6.C2H2O/c1-3-41-30-13-6-5-7-22(31-42-4-2)21-43-32-23(20-33-15-12-24(35)8-9-26(33)37)19-25(36)29-14-17-40-18-16-34-27(38)10-11-28(34)39;1-4-17(25)20-13-14-23(24-18(26)10-11-19(24)27)30-15-16(22-29-6-3)9-7-8-12-21-28-5-2;1-2-3/h8-11,22-23,30-32H,3-7,12-21H2,1-2H3,(H,29,36);10-11,16,21-22H,4-9,12-15H2,1-3H3,(H,20,25);1H2. The van der Waals surface area contributed by atoms with Crippen LogP contribution >= 0.6 is 0 Å². The number of nitrogens with zero attached hydrogens (tertiary/aromatic N) is 4. The van der Waals surface area contributed by atoms with Crippen molar-refractivity contribution in [1.82, 2.24) is 58.0 Å². The highest BCUT2D eigenvalue weighted by Crippen LogP contribution is 2.12. The van der Waals surface area contributed by atoms with E-state index in [4.69, 9.17) is 38.6 Å². The third-order valence-corrected chi connectivity index (χ3v) is 10.5. The Hall–Kier alpha value is -5.49. The van der Waals surface area contributed by atoms with Gasteiger partial charge in [0.2, 0.25) is 17.7 Å². The Labute approximate surface area is 445 Å². The van der Waals surface area contributed by atoms with E-state index in [9.17, 15) is 38.4 Å². The van der Waals surface area contributed by atoms with E-state index in [1.54, 1.807) is 6.92 Å². The lowest BCUT2D eigenvalue weighted by molar-refractivity contribution is -0.267. The lowest BCUT2D eigenvalue weighted by atomic mass is 10.1. The highest BCUT2D eigenvalue weighted by molar-refractivity contribution is 6.13. The van der Waals surface area contributed by atoms with Crippen LogP contribution in [-0.4, -0.2) is 196 Å². The summed E-state index contributed by atoms with van der Waals surface area (Å²) in [6.07, 6.45) is 13.0. The fourth-order valence-electron chi connectivity index (χ4n) is 6.74. The number of ether oxygens (including phenoxy) is 1. The molecule has 3 aliphatic heterocycles. The molecule has 3 atom stereocenters. The lowest BCUT2D eigenvalue weighted by Gasteiger charge is -2.30. The van der Waals surface area contributed by atoms with Gasteiger partial charge in [0.25, 0.3) is 23.6 Å². The van der Waals surface area contributed by atoms with E-state index in [-0.39, 0.29) is 126 Å². The third kappa shape index (κ3) is 32.2. The lowest BCUT2D eigenvalue weighted by Crippen LogP contribution is -2.50. The molecule has 0 aromatic carbocycles. The van der Waals surface area contributed by atoms with E-state index < -0.39 is 17.9 Å². The Morgan fingerprint density at radius 3 is 1.72 bits per heavy atom. The first-order valence-electron chi connectivity index (χ1n) is 25.8. The first-order valence-corrected chi connectivity index (χ1v) is 25.8. The molecule has 3 heterocycles. The molecule has 0 aromatic heterocycles. The zero-order valence-corrected chi connectivity index (χ0v) is 44.9. The Morgan fingerprint density at radius 1 is 0.632 bits per heavy atom. The van der Waals surface area contributed by atoms with Crippen molar-refractivity contribution >= 4 is 53.1 Å². The molecule has 0 bridgehead atoms. The van der Waals surface area contributed by atoms with Crippen molar-refractivity contribution in [2.24, 2.45) is 0 Å². The fourth-order valence-corrected chi connectivity index (χ4v) is 6.74. The van der Waals surface area contributed by atoms with Crippen molar-refractivity contribution in [3.05, 3.63) is 43.0 Å². The summed E-state index contributed by atoms with van der Waals surface area (Å²) in [4.78, 5) is 139. The van der Waals surface area contributed by atoms with E-state index in [0.29, 0.717) is 32.8 Å². The van der Waals surface area contributed by atoms with Gasteiger partial charge in [-0.1, -0.05) is 24.9 Å². The second kappa shape index (κ2) is 44.6. The van der Waals surface area contributed by atoms with Gasteiger partial charge < -0.3 is 39.6 Å². The predicted octanol–water partition coefficient (Wildman–Crippen LogP) is -0.486. The number of allylic oxidation sites excluding steroid dienone is 1. The number of hydrogen-bond acceptors (Lipinski definition) is 22. The molecule has 0 fully saturated rings. The summed E-state index contributed by atoms with van der Waals surface area (Å²) in [6.45, 7) is 17.5. The maximum Gasteiger partial charge on any atom is 0.270 e. The van der Waals surface area contributed by atoms with E-state index in [1.165, 1.54) is 52.5 Å². The van der Waals surface area contributed by atoms with Crippen molar-refractivity contribution in [1.29, 1.82) is 0 Å². The molecule has 0 saturated heterocycles. The SMILES string of the molecule is C=C=O.CCONCCCCC(CON(CCNC(=O)CC)N1C(=O)C=CC1=O)NOCC.CCONCCCCC(CONC(CC(=O)NCCOCCN1C(=O)C=CC1=O)CN1CCC(=O)C=CC1=O)NOCC. The van der Waals surface area contributed by atoms with Crippen LogP contribution in [0.3, 0.4) is 0 Å². The summed E-state index contributed by atoms with van der Waals surface area (Å²) in [5, 5.41) is 7.58. The number of ketones is 1. The number of carbonyl (C=O) groups is 8. The first kappa shape index (κ1) is 68.5. The van der Waals surface area contributed by atoms with Crippen molar-refractivity contribution in [3.63, 3.8) is 0 Å². The molecule has 0 spiro atoms. The number of amides is 7. The molecule has 0 aliphatic carbocycles. The van der Waals surface area contributed by atoms with Gasteiger partial charge >= 0.3 is 0 Å². The summed E-state index contributed by atoms with van der Waals surface area (Å²) < 4.78 is 5.44. The molecule has 430 valence electrons. The predicted molar refractivity (Wildman–Crippen MR) is 275 cm³/mol. The molecular weight excluding hydrogens is 999 g/mol. The molecular formula is C49H83N11O16. The van der Waals surface area contributed by atoms with Crippen LogP contribution < -0.4 is 38.0 Å². The van der Waals surface area contributed by atoms with Crippen molar-refractivity contribution in [2.45, 2.75) is 111 Å². The van der Waals surface area contributed by atoms with Gasteiger partial charge in [0.1, 0.15) is 5.94 Å². The molecule has 3 aliphatic rings. The van der Waals surface area contributed by atoms with Gasteiger partial charge in [-0.15, -0.1) is 0 Å². The Bertz CT molecular complexity index is 1820. The van der Waals surface area contributed by atoms with Gasteiger partial charge in [0.15, 0.2) is 5.78 Å².